The highest BCUT2D eigenvalue weighted by Gasteiger charge is 2.42. The van der Waals surface area contributed by atoms with Gasteiger partial charge in [0.2, 0.25) is 0 Å². The van der Waals surface area contributed by atoms with Crippen LogP contribution in [0.25, 0.3) is 0 Å². The summed E-state index contributed by atoms with van der Waals surface area (Å²) in [6.07, 6.45) is 4.00. The van der Waals surface area contributed by atoms with E-state index in [4.69, 9.17) is 11.6 Å². The van der Waals surface area contributed by atoms with Crippen molar-refractivity contribution in [2.75, 3.05) is 0 Å². The molecule has 18 heavy (non-hydrogen) atoms. The van der Waals surface area contributed by atoms with E-state index in [9.17, 15) is 9.50 Å². The average Bonchev–Trinajstić information content (AvgIpc) is 2.65. The molecule has 0 radical (unpaired) electrons. The first kappa shape index (κ1) is 12.4. The summed E-state index contributed by atoms with van der Waals surface area (Å²) in [5, 5.41) is 14.3. The van der Waals surface area contributed by atoms with Crippen LogP contribution in [0.2, 0.25) is 5.02 Å². The molecule has 2 nitrogen and oxygen atoms in total. The minimum atomic E-state index is -0.789. The lowest BCUT2D eigenvalue weighted by Gasteiger charge is -2.37. The van der Waals surface area contributed by atoms with E-state index < -0.39 is 11.4 Å². The Labute approximate surface area is 111 Å². The van der Waals surface area contributed by atoms with Crippen molar-refractivity contribution in [2.24, 2.45) is 0 Å². The van der Waals surface area contributed by atoms with Gasteiger partial charge in [-0.2, -0.15) is 0 Å². The first-order valence-corrected chi connectivity index (χ1v) is 6.85. The first-order valence-electron chi connectivity index (χ1n) is 6.47. The average molecular weight is 270 g/mol. The quantitative estimate of drug-likeness (QED) is 0.865. The fourth-order valence-corrected chi connectivity index (χ4v) is 3.60. The summed E-state index contributed by atoms with van der Waals surface area (Å²) in [6, 6.07) is 5.76. The van der Waals surface area contributed by atoms with E-state index in [0.717, 1.165) is 12.8 Å². The molecule has 0 aromatic heterocycles. The molecule has 2 heterocycles. The maximum atomic E-state index is 13.9. The molecule has 0 aliphatic carbocycles. The van der Waals surface area contributed by atoms with Gasteiger partial charge in [0.05, 0.1) is 10.6 Å². The molecule has 2 bridgehead atoms. The fourth-order valence-electron chi connectivity index (χ4n) is 3.41. The van der Waals surface area contributed by atoms with Gasteiger partial charge in [0.25, 0.3) is 0 Å². The number of piperidine rings is 1. The molecular weight excluding hydrogens is 253 g/mol. The van der Waals surface area contributed by atoms with Crippen LogP contribution in [0.15, 0.2) is 18.2 Å². The van der Waals surface area contributed by atoms with E-state index in [-0.39, 0.29) is 5.02 Å². The lowest BCUT2D eigenvalue weighted by atomic mass is 9.82. The van der Waals surface area contributed by atoms with Crippen LogP contribution in [-0.2, 0) is 6.42 Å². The summed E-state index contributed by atoms with van der Waals surface area (Å²) in [6.45, 7) is 0. The number of hydrogen-bond acceptors (Lipinski definition) is 2. The summed E-state index contributed by atoms with van der Waals surface area (Å²) in [5.41, 5.74) is -0.269. The molecule has 1 aromatic rings. The highest BCUT2D eigenvalue weighted by Crippen LogP contribution is 2.36. The van der Waals surface area contributed by atoms with Crippen molar-refractivity contribution in [1.29, 1.82) is 0 Å². The summed E-state index contributed by atoms with van der Waals surface area (Å²) < 4.78 is 13.9. The molecule has 0 spiro atoms. The second-order valence-electron chi connectivity index (χ2n) is 5.66. The molecule has 2 unspecified atom stereocenters. The van der Waals surface area contributed by atoms with Crippen molar-refractivity contribution >= 4 is 11.6 Å². The lowest BCUT2D eigenvalue weighted by Crippen LogP contribution is -2.49. The van der Waals surface area contributed by atoms with Gasteiger partial charge in [-0.25, -0.2) is 4.39 Å². The van der Waals surface area contributed by atoms with Gasteiger partial charge in [0.15, 0.2) is 0 Å². The number of fused-ring (bicyclic) bond motifs is 2. The Hall–Kier alpha value is -0.640. The van der Waals surface area contributed by atoms with Crippen LogP contribution in [0.5, 0.6) is 0 Å². The smallest absolute Gasteiger partial charge is 0.145 e. The lowest BCUT2D eigenvalue weighted by molar-refractivity contribution is -0.00672. The summed E-state index contributed by atoms with van der Waals surface area (Å²) in [4.78, 5) is 0. The van der Waals surface area contributed by atoms with Crippen LogP contribution in [0, 0.1) is 5.82 Å². The van der Waals surface area contributed by atoms with Crippen molar-refractivity contribution in [3.8, 4) is 0 Å². The molecular formula is C14H17ClFNO. The summed E-state index contributed by atoms with van der Waals surface area (Å²) >= 11 is 5.78. The number of halogens is 2. The molecule has 2 fully saturated rings. The fraction of sp³-hybridized carbons (Fsp3) is 0.571. The Morgan fingerprint density at radius 3 is 2.67 bits per heavy atom. The number of rotatable bonds is 2. The number of aliphatic hydroxyl groups is 1. The Morgan fingerprint density at radius 2 is 2.00 bits per heavy atom. The van der Waals surface area contributed by atoms with E-state index in [1.165, 1.54) is 6.07 Å². The van der Waals surface area contributed by atoms with Gasteiger partial charge in [0.1, 0.15) is 5.82 Å². The molecule has 0 amide bonds. The molecule has 2 aliphatic heterocycles. The van der Waals surface area contributed by atoms with E-state index >= 15 is 0 Å². The zero-order valence-corrected chi connectivity index (χ0v) is 10.9. The van der Waals surface area contributed by atoms with Gasteiger partial charge in [0, 0.05) is 18.5 Å². The molecule has 0 saturated carbocycles. The van der Waals surface area contributed by atoms with Crippen LogP contribution in [0.4, 0.5) is 4.39 Å². The van der Waals surface area contributed by atoms with Gasteiger partial charge in [-0.1, -0.05) is 23.7 Å². The van der Waals surface area contributed by atoms with Gasteiger partial charge >= 0.3 is 0 Å². The van der Waals surface area contributed by atoms with E-state index in [2.05, 4.69) is 5.32 Å². The second kappa shape index (κ2) is 4.48. The third-order valence-electron chi connectivity index (χ3n) is 4.14. The number of benzene rings is 1. The third-order valence-corrected chi connectivity index (χ3v) is 4.43. The van der Waals surface area contributed by atoms with Gasteiger partial charge in [-0.15, -0.1) is 0 Å². The van der Waals surface area contributed by atoms with Crippen LogP contribution >= 0.6 is 11.6 Å². The zero-order valence-electron chi connectivity index (χ0n) is 10.1. The Balaban J connectivity index is 1.81. The molecule has 3 rings (SSSR count). The zero-order chi connectivity index (χ0) is 12.8. The topological polar surface area (TPSA) is 32.3 Å². The molecule has 98 valence electrons. The Bertz CT molecular complexity index is 453. The van der Waals surface area contributed by atoms with Crippen LogP contribution in [0.3, 0.4) is 0 Å². The minimum absolute atomic E-state index is 0.132. The van der Waals surface area contributed by atoms with Crippen molar-refractivity contribution in [2.45, 2.75) is 49.8 Å². The largest absolute Gasteiger partial charge is 0.389 e. The predicted octanol–water partition coefficient (Wildman–Crippen LogP) is 2.67. The first-order chi connectivity index (χ1) is 8.56. The summed E-state index contributed by atoms with van der Waals surface area (Å²) in [7, 11) is 0. The maximum Gasteiger partial charge on any atom is 0.145 e. The van der Waals surface area contributed by atoms with Gasteiger partial charge in [-0.05, 0) is 37.3 Å². The highest BCUT2D eigenvalue weighted by molar-refractivity contribution is 6.30. The highest BCUT2D eigenvalue weighted by atomic mass is 35.5. The molecule has 1 aromatic carbocycles. The SMILES string of the molecule is OC1(Cc2cccc(Cl)c2F)CC2CCC(C1)N2. The number of hydrogen-bond donors (Lipinski definition) is 2. The third kappa shape index (κ3) is 2.27. The maximum absolute atomic E-state index is 13.9. The Kier molecular flexibility index (Phi) is 3.08. The van der Waals surface area contributed by atoms with Gasteiger partial charge in [-0.3, -0.25) is 0 Å². The monoisotopic (exact) mass is 269 g/mol. The van der Waals surface area contributed by atoms with Crippen LogP contribution < -0.4 is 5.32 Å². The van der Waals surface area contributed by atoms with Crippen molar-refractivity contribution in [3.63, 3.8) is 0 Å². The summed E-state index contributed by atoms with van der Waals surface area (Å²) in [5.74, 6) is -0.390. The Morgan fingerprint density at radius 1 is 1.33 bits per heavy atom. The van der Waals surface area contributed by atoms with Crippen molar-refractivity contribution < 1.29 is 9.50 Å². The van der Waals surface area contributed by atoms with E-state index in [0.29, 0.717) is 36.9 Å². The molecule has 2 aliphatic rings. The van der Waals surface area contributed by atoms with Gasteiger partial charge < -0.3 is 10.4 Å². The molecule has 2 saturated heterocycles. The molecule has 2 N–H and O–H groups in total. The number of nitrogens with one attached hydrogen (secondary N) is 1. The standard InChI is InChI=1S/C14H17ClFNO/c15-12-3-1-2-9(13(12)16)6-14(18)7-10-4-5-11(8-14)17-10/h1-3,10-11,17-18H,4-8H2. The van der Waals surface area contributed by atoms with E-state index in [1.54, 1.807) is 12.1 Å². The van der Waals surface area contributed by atoms with Crippen LogP contribution in [-0.4, -0.2) is 22.8 Å². The predicted molar refractivity (Wildman–Crippen MR) is 69.2 cm³/mol. The molecule has 2 atom stereocenters. The van der Waals surface area contributed by atoms with Crippen molar-refractivity contribution in [1.82, 2.24) is 5.32 Å². The molecule has 4 heteroatoms. The second-order valence-corrected chi connectivity index (χ2v) is 6.07. The van der Waals surface area contributed by atoms with E-state index in [1.807, 2.05) is 0 Å². The van der Waals surface area contributed by atoms with Crippen molar-refractivity contribution in [3.05, 3.63) is 34.6 Å². The minimum Gasteiger partial charge on any atom is -0.389 e. The normalized spacial score (nSPS) is 34.8. The van der Waals surface area contributed by atoms with Crippen LogP contribution in [0.1, 0.15) is 31.2 Å².